The average Bonchev–Trinajstić information content (AvgIpc) is 3.04. The highest BCUT2D eigenvalue weighted by molar-refractivity contribution is 9.10. The van der Waals surface area contributed by atoms with Crippen LogP contribution in [0.1, 0.15) is 24.4 Å². The van der Waals surface area contributed by atoms with E-state index in [4.69, 9.17) is 5.73 Å². The van der Waals surface area contributed by atoms with E-state index in [1.165, 1.54) is 18.4 Å². The molecule has 4 heteroatoms. The Labute approximate surface area is 109 Å². The lowest BCUT2D eigenvalue weighted by Gasteiger charge is -2.06. The molecule has 0 radical (unpaired) electrons. The van der Waals surface area contributed by atoms with Crippen LogP contribution < -0.4 is 5.73 Å². The van der Waals surface area contributed by atoms with Gasteiger partial charge in [-0.25, -0.2) is 4.98 Å². The van der Waals surface area contributed by atoms with Gasteiger partial charge in [0.1, 0.15) is 11.5 Å². The number of hydrogen-bond acceptors (Lipinski definition) is 2. The van der Waals surface area contributed by atoms with Gasteiger partial charge in [-0.05, 0) is 31.4 Å². The monoisotopic (exact) mass is 291 g/mol. The number of nitrogen functional groups attached to an aromatic ring is 1. The van der Waals surface area contributed by atoms with Crippen molar-refractivity contribution in [2.45, 2.75) is 25.8 Å². The summed E-state index contributed by atoms with van der Waals surface area (Å²) in [7, 11) is 0. The van der Waals surface area contributed by atoms with Crippen LogP contribution in [0.5, 0.6) is 0 Å². The van der Waals surface area contributed by atoms with Gasteiger partial charge in [-0.1, -0.05) is 28.1 Å². The zero-order chi connectivity index (χ0) is 12.0. The van der Waals surface area contributed by atoms with Crippen molar-refractivity contribution in [2.75, 3.05) is 5.73 Å². The zero-order valence-electron chi connectivity index (χ0n) is 9.65. The minimum absolute atomic E-state index is 0.570. The molecule has 1 aromatic heterocycles. The maximum atomic E-state index is 6.16. The zero-order valence-corrected chi connectivity index (χ0v) is 11.2. The first kappa shape index (κ1) is 10.8. The van der Waals surface area contributed by atoms with E-state index in [1.807, 2.05) is 6.33 Å². The van der Waals surface area contributed by atoms with Crippen molar-refractivity contribution >= 4 is 21.7 Å². The number of aryl methyl sites for hydroxylation is 1. The van der Waals surface area contributed by atoms with Gasteiger partial charge in [-0.2, -0.15) is 0 Å². The molecule has 1 saturated carbocycles. The van der Waals surface area contributed by atoms with Crippen molar-refractivity contribution in [1.29, 1.82) is 0 Å². The summed E-state index contributed by atoms with van der Waals surface area (Å²) < 4.78 is 3.13. The SMILES string of the molecule is Cc1ccc(-c2ncn(C3CC3)c2N)c(Br)c1. The number of halogens is 1. The van der Waals surface area contributed by atoms with Crippen LogP contribution >= 0.6 is 15.9 Å². The third-order valence-corrected chi connectivity index (χ3v) is 3.81. The topological polar surface area (TPSA) is 43.8 Å². The molecular weight excluding hydrogens is 278 g/mol. The Balaban J connectivity index is 2.08. The second-order valence-electron chi connectivity index (χ2n) is 4.60. The molecule has 3 nitrogen and oxygen atoms in total. The number of imidazole rings is 1. The maximum absolute atomic E-state index is 6.16. The van der Waals surface area contributed by atoms with E-state index in [-0.39, 0.29) is 0 Å². The van der Waals surface area contributed by atoms with Gasteiger partial charge >= 0.3 is 0 Å². The normalized spacial score (nSPS) is 15.2. The number of benzene rings is 1. The Morgan fingerprint density at radius 3 is 2.82 bits per heavy atom. The molecule has 1 aliphatic rings. The minimum Gasteiger partial charge on any atom is -0.383 e. The van der Waals surface area contributed by atoms with Crippen molar-refractivity contribution in [3.05, 3.63) is 34.6 Å². The summed E-state index contributed by atoms with van der Waals surface area (Å²) in [6.07, 6.45) is 4.29. The van der Waals surface area contributed by atoms with Gasteiger partial charge in [-0.3, -0.25) is 0 Å². The molecule has 1 fully saturated rings. The first-order valence-electron chi connectivity index (χ1n) is 5.75. The van der Waals surface area contributed by atoms with Crippen molar-refractivity contribution < 1.29 is 0 Å². The molecule has 0 atom stereocenters. The van der Waals surface area contributed by atoms with Gasteiger partial charge in [0.15, 0.2) is 0 Å². The highest BCUT2D eigenvalue weighted by atomic mass is 79.9. The number of aromatic nitrogens is 2. The summed E-state index contributed by atoms with van der Waals surface area (Å²) in [4.78, 5) is 4.45. The Bertz CT molecular complexity index is 570. The van der Waals surface area contributed by atoms with Crippen molar-refractivity contribution in [3.63, 3.8) is 0 Å². The molecule has 0 spiro atoms. The molecule has 0 aliphatic heterocycles. The standard InChI is InChI=1S/C13H14BrN3/c1-8-2-5-10(11(14)6-8)12-13(15)17(7-16-12)9-3-4-9/h2,5-7,9H,3-4,15H2,1H3. The van der Waals surface area contributed by atoms with Gasteiger partial charge in [0.25, 0.3) is 0 Å². The van der Waals surface area contributed by atoms with E-state index in [0.717, 1.165) is 21.5 Å². The first-order valence-corrected chi connectivity index (χ1v) is 6.55. The highest BCUT2D eigenvalue weighted by Gasteiger charge is 2.26. The number of nitrogens with two attached hydrogens (primary N) is 1. The Morgan fingerprint density at radius 2 is 2.18 bits per heavy atom. The molecular formula is C13H14BrN3. The van der Waals surface area contributed by atoms with Crippen LogP contribution in [-0.2, 0) is 0 Å². The van der Waals surface area contributed by atoms with E-state index in [0.29, 0.717) is 6.04 Å². The molecule has 1 aromatic carbocycles. The van der Waals surface area contributed by atoms with E-state index < -0.39 is 0 Å². The van der Waals surface area contributed by atoms with Gasteiger partial charge in [0.2, 0.25) is 0 Å². The van der Waals surface area contributed by atoms with Crippen molar-refractivity contribution in [1.82, 2.24) is 9.55 Å². The van der Waals surface area contributed by atoms with Crippen LogP contribution in [-0.4, -0.2) is 9.55 Å². The van der Waals surface area contributed by atoms with Crippen molar-refractivity contribution in [2.24, 2.45) is 0 Å². The summed E-state index contributed by atoms with van der Waals surface area (Å²) in [5.41, 5.74) is 9.33. The fourth-order valence-corrected chi connectivity index (χ4v) is 2.71. The molecule has 0 saturated heterocycles. The number of rotatable bonds is 2. The molecule has 17 heavy (non-hydrogen) atoms. The molecule has 1 heterocycles. The quantitative estimate of drug-likeness (QED) is 0.920. The van der Waals surface area contributed by atoms with Crippen LogP contribution in [0.15, 0.2) is 29.0 Å². The van der Waals surface area contributed by atoms with Crippen LogP contribution in [0.4, 0.5) is 5.82 Å². The second-order valence-corrected chi connectivity index (χ2v) is 5.45. The summed E-state index contributed by atoms with van der Waals surface area (Å²) >= 11 is 3.58. The van der Waals surface area contributed by atoms with Gasteiger partial charge < -0.3 is 10.3 Å². The molecule has 2 aromatic rings. The van der Waals surface area contributed by atoms with E-state index in [1.54, 1.807) is 0 Å². The Hall–Kier alpha value is -1.29. The fraction of sp³-hybridized carbons (Fsp3) is 0.308. The number of anilines is 1. The van der Waals surface area contributed by atoms with E-state index in [2.05, 4.69) is 50.6 Å². The molecule has 3 rings (SSSR count). The van der Waals surface area contributed by atoms with Gasteiger partial charge in [0, 0.05) is 16.1 Å². The highest BCUT2D eigenvalue weighted by Crippen LogP contribution is 2.40. The Kier molecular flexibility index (Phi) is 2.47. The van der Waals surface area contributed by atoms with Crippen LogP contribution in [0, 0.1) is 6.92 Å². The predicted molar refractivity (Wildman–Crippen MR) is 72.8 cm³/mol. The number of hydrogen-bond donors (Lipinski definition) is 1. The average molecular weight is 292 g/mol. The molecule has 0 bridgehead atoms. The van der Waals surface area contributed by atoms with Crippen molar-refractivity contribution in [3.8, 4) is 11.3 Å². The summed E-state index contributed by atoms with van der Waals surface area (Å²) in [5, 5.41) is 0. The molecule has 88 valence electrons. The third kappa shape index (κ3) is 1.86. The Morgan fingerprint density at radius 1 is 1.41 bits per heavy atom. The third-order valence-electron chi connectivity index (χ3n) is 3.15. The second kappa shape index (κ2) is 3.88. The van der Waals surface area contributed by atoms with Crippen LogP contribution in [0.2, 0.25) is 0 Å². The summed E-state index contributed by atoms with van der Waals surface area (Å²) in [5.74, 6) is 0.775. The summed E-state index contributed by atoms with van der Waals surface area (Å²) in [6, 6.07) is 6.80. The summed E-state index contributed by atoms with van der Waals surface area (Å²) in [6.45, 7) is 2.07. The maximum Gasteiger partial charge on any atom is 0.131 e. The van der Waals surface area contributed by atoms with E-state index in [9.17, 15) is 0 Å². The first-order chi connectivity index (χ1) is 8.16. The van der Waals surface area contributed by atoms with Crippen LogP contribution in [0.25, 0.3) is 11.3 Å². The predicted octanol–water partition coefficient (Wildman–Crippen LogP) is 3.54. The lowest BCUT2D eigenvalue weighted by atomic mass is 10.1. The molecule has 1 aliphatic carbocycles. The smallest absolute Gasteiger partial charge is 0.131 e. The minimum atomic E-state index is 0.570. The largest absolute Gasteiger partial charge is 0.383 e. The molecule has 2 N–H and O–H groups in total. The lowest BCUT2D eigenvalue weighted by Crippen LogP contribution is -1.99. The van der Waals surface area contributed by atoms with Crippen LogP contribution in [0.3, 0.4) is 0 Å². The molecule has 0 unspecified atom stereocenters. The lowest BCUT2D eigenvalue weighted by molar-refractivity contribution is 0.751. The fourth-order valence-electron chi connectivity index (χ4n) is 2.03. The van der Waals surface area contributed by atoms with Gasteiger partial charge in [-0.15, -0.1) is 0 Å². The molecule has 0 amide bonds. The number of nitrogens with zero attached hydrogens (tertiary/aromatic N) is 2. The van der Waals surface area contributed by atoms with Gasteiger partial charge in [0.05, 0.1) is 6.33 Å². The van der Waals surface area contributed by atoms with E-state index >= 15 is 0 Å².